The number of hydrogen-bond acceptors (Lipinski definition) is 5. The van der Waals surface area contributed by atoms with Gasteiger partial charge in [-0.2, -0.15) is 0 Å². The number of hydrogen-bond donors (Lipinski definition) is 2. The summed E-state index contributed by atoms with van der Waals surface area (Å²) in [6.45, 7) is 2.20. The molecule has 4 rings (SSSR count). The molecule has 2 aliphatic carbocycles. The highest BCUT2D eigenvalue weighted by Gasteiger charge is 2.38. The first kappa shape index (κ1) is 24.3. The van der Waals surface area contributed by atoms with Gasteiger partial charge in [0, 0.05) is 16.8 Å². The number of aliphatic carboxylic acids is 1. The van der Waals surface area contributed by atoms with Gasteiger partial charge in [-0.15, -0.1) is 0 Å². The van der Waals surface area contributed by atoms with Crippen LogP contribution in [0.3, 0.4) is 0 Å². The Morgan fingerprint density at radius 1 is 0.912 bits per heavy atom. The van der Waals surface area contributed by atoms with Crippen molar-refractivity contribution in [1.82, 2.24) is 0 Å². The van der Waals surface area contributed by atoms with Gasteiger partial charge in [0.25, 0.3) is 0 Å². The monoisotopic (exact) mass is 485 g/mol. The van der Waals surface area contributed by atoms with Gasteiger partial charge < -0.3 is 19.8 Å². The molecular formula is C26H31NO6S. The van der Waals surface area contributed by atoms with Crippen LogP contribution in [0.25, 0.3) is 10.4 Å². The Balaban J connectivity index is 1.71. The normalized spacial score (nSPS) is 24.9. The molecule has 0 saturated heterocycles. The highest BCUT2D eigenvalue weighted by atomic mass is 32.1. The highest BCUT2D eigenvalue weighted by molar-refractivity contribution is 7.18. The van der Waals surface area contributed by atoms with Crippen molar-refractivity contribution in [2.24, 2.45) is 17.8 Å². The van der Waals surface area contributed by atoms with Crippen LogP contribution in [-0.4, -0.2) is 34.3 Å². The molecule has 2 aliphatic rings. The third-order valence-electron chi connectivity index (χ3n) is 7.19. The Morgan fingerprint density at radius 3 is 2.12 bits per heavy atom. The lowest BCUT2D eigenvalue weighted by Gasteiger charge is -2.38. The van der Waals surface area contributed by atoms with Crippen LogP contribution >= 0.6 is 11.3 Å². The van der Waals surface area contributed by atoms with E-state index < -0.39 is 18.0 Å². The van der Waals surface area contributed by atoms with Crippen molar-refractivity contribution in [3.63, 3.8) is 0 Å². The number of carbonyl (C=O) groups is 3. The number of rotatable bonds is 6. The van der Waals surface area contributed by atoms with Gasteiger partial charge in [0.05, 0.1) is 11.6 Å². The summed E-state index contributed by atoms with van der Waals surface area (Å²) in [7, 11) is 0. The Bertz CT molecular complexity index is 1020. The molecule has 8 heteroatoms. The minimum Gasteiger partial charge on any atom is -0.481 e. The van der Waals surface area contributed by atoms with Crippen molar-refractivity contribution in [1.29, 1.82) is 0 Å². The lowest BCUT2D eigenvalue weighted by atomic mass is 9.81. The molecule has 1 heterocycles. The third kappa shape index (κ3) is 5.43. The predicted octanol–water partition coefficient (Wildman–Crippen LogP) is 6.27. The van der Waals surface area contributed by atoms with Crippen LogP contribution in [0.5, 0.6) is 5.06 Å². The van der Waals surface area contributed by atoms with Crippen LogP contribution in [-0.2, 0) is 9.59 Å². The smallest absolute Gasteiger partial charge is 0.481 e. The van der Waals surface area contributed by atoms with Crippen molar-refractivity contribution in [2.75, 3.05) is 4.90 Å². The third-order valence-corrected chi connectivity index (χ3v) is 8.24. The fourth-order valence-corrected chi connectivity index (χ4v) is 6.21. The van der Waals surface area contributed by atoms with E-state index in [1.165, 1.54) is 11.3 Å². The number of amides is 1. The summed E-state index contributed by atoms with van der Waals surface area (Å²) in [4.78, 5) is 39.5. The number of ether oxygens (including phenoxy) is 1. The molecule has 0 spiro atoms. The molecule has 0 unspecified atom stereocenters. The maximum absolute atomic E-state index is 13.9. The predicted molar refractivity (Wildman–Crippen MR) is 130 cm³/mol. The minimum atomic E-state index is -1.42. The molecule has 7 nitrogen and oxygen atoms in total. The van der Waals surface area contributed by atoms with Crippen LogP contribution in [0, 0.1) is 17.8 Å². The van der Waals surface area contributed by atoms with Gasteiger partial charge in [0.15, 0.2) is 0 Å². The van der Waals surface area contributed by atoms with E-state index in [0.29, 0.717) is 37.3 Å². The van der Waals surface area contributed by atoms with Gasteiger partial charge >= 0.3 is 12.1 Å². The molecule has 34 heavy (non-hydrogen) atoms. The topological polar surface area (TPSA) is 104 Å². The largest absolute Gasteiger partial charge is 0.512 e. The SMILES string of the molecule is CC1CCC(C(=O)N(c2cc(-c3ccccc3)sc2OC(=O)O)C2CCC(C(=O)O)CC2)CC1. The number of benzene rings is 1. The van der Waals surface area contributed by atoms with Gasteiger partial charge in [0.1, 0.15) is 0 Å². The van der Waals surface area contributed by atoms with Crippen molar-refractivity contribution in [3.05, 3.63) is 36.4 Å². The summed E-state index contributed by atoms with van der Waals surface area (Å²) < 4.78 is 5.18. The fraction of sp³-hybridized carbons (Fsp3) is 0.500. The van der Waals surface area contributed by atoms with Crippen LogP contribution in [0.4, 0.5) is 10.5 Å². The van der Waals surface area contributed by atoms with Crippen molar-refractivity contribution < 1.29 is 29.3 Å². The fourth-order valence-electron chi connectivity index (χ4n) is 5.21. The molecule has 0 atom stereocenters. The van der Waals surface area contributed by atoms with E-state index in [2.05, 4.69) is 6.92 Å². The number of thiophene rings is 1. The highest BCUT2D eigenvalue weighted by Crippen LogP contribution is 2.46. The van der Waals surface area contributed by atoms with E-state index >= 15 is 0 Å². The Labute approximate surface area is 203 Å². The second-order valence-corrected chi connectivity index (χ2v) is 10.5. The lowest BCUT2D eigenvalue weighted by molar-refractivity contribution is -0.142. The number of carbonyl (C=O) groups excluding carboxylic acids is 1. The average molecular weight is 486 g/mol. The average Bonchev–Trinajstić information content (AvgIpc) is 3.23. The van der Waals surface area contributed by atoms with Crippen LogP contribution < -0.4 is 9.64 Å². The lowest BCUT2D eigenvalue weighted by Crippen LogP contribution is -2.46. The maximum Gasteiger partial charge on any atom is 0.512 e. The van der Waals surface area contributed by atoms with Crippen molar-refractivity contribution in [3.8, 4) is 15.5 Å². The van der Waals surface area contributed by atoms with Gasteiger partial charge in [-0.25, -0.2) is 4.79 Å². The maximum atomic E-state index is 13.9. The van der Waals surface area contributed by atoms with E-state index in [1.54, 1.807) is 4.90 Å². The van der Waals surface area contributed by atoms with Gasteiger partial charge in [-0.05, 0) is 68.9 Å². The molecular weight excluding hydrogens is 454 g/mol. The quantitative estimate of drug-likeness (QED) is 0.467. The number of carboxylic acids is 1. The zero-order chi connectivity index (χ0) is 24.2. The van der Waals surface area contributed by atoms with E-state index in [9.17, 15) is 24.6 Å². The zero-order valence-corrected chi connectivity index (χ0v) is 20.1. The van der Waals surface area contributed by atoms with Gasteiger partial charge in [-0.1, -0.05) is 48.6 Å². The molecule has 1 aromatic heterocycles. The second kappa shape index (κ2) is 10.6. The van der Waals surface area contributed by atoms with Crippen LogP contribution in [0.15, 0.2) is 36.4 Å². The Kier molecular flexibility index (Phi) is 7.56. The summed E-state index contributed by atoms with van der Waals surface area (Å²) in [5.74, 6) is -0.722. The van der Waals surface area contributed by atoms with Gasteiger partial charge in [0.2, 0.25) is 11.0 Å². The summed E-state index contributed by atoms with van der Waals surface area (Å²) >= 11 is 1.21. The first-order valence-corrected chi connectivity index (χ1v) is 12.8. The molecule has 2 fully saturated rings. The number of carboxylic acid groups (broad SMARTS) is 2. The van der Waals surface area contributed by atoms with Crippen LogP contribution in [0.1, 0.15) is 58.3 Å². The number of nitrogens with zero attached hydrogens (tertiary/aromatic N) is 1. The van der Waals surface area contributed by atoms with E-state index in [1.807, 2.05) is 36.4 Å². The molecule has 2 aromatic rings. The van der Waals surface area contributed by atoms with E-state index in [0.717, 1.165) is 36.1 Å². The van der Waals surface area contributed by atoms with Crippen LogP contribution in [0.2, 0.25) is 0 Å². The summed E-state index contributed by atoms with van der Waals surface area (Å²) in [5.41, 5.74) is 1.40. The zero-order valence-electron chi connectivity index (χ0n) is 19.3. The molecule has 2 N–H and O–H groups in total. The Morgan fingerprint density at radius 2 is 1.53 bits per heavy atom. The van der Waals surface area contributed by atoms with Crippen molar-refractivity contribution in [2.45, 2.75) is 64.3 Å². The van der Waals surface area contributed by atoms with Gasteiger partial charge in [-0.3, -0.25) is 9.59 Å². The number of anilines is 1. The van der Waals surface area contributed by atoms with E-state index in [4.69, 9.17) is 4.74 Å². The standard InChI is InChI=1S/C26H31NO6S/c1-16-7-9-18(10-8-16)23(28)27(20-13-11-19(12-14-20)24(29)30)21-15-22(17-5-3-2-4-6-17)34-25(21)33-26(31)32/h2-6,15-16,18-20H,7-14H2,1H3,(H,29,30)(H,31,32). The first-order chi connectivity index (χ1) is 16.3. The molecule has 2 saturated carbocycles. The molecule has 0 radical (unpaired) electrons. The Hall–Kier alpha value is -2.87. The van der Waals surface area contributed by atoms with E-state index in [-0.39, 0.29) is 22.9 Å². The summed E-state index contributed by atoms with van der Waals surface area (Å²) in [6, 6.07) is 11.3. The van der Waals surface area contributed by atoms with Crippen molar-refractivity contribution >= 4 is 35.1 Å². The molecule has 1 amide bonds. The molecule has 0 aliphatic heterocycles. The molecule has 0 bridgehead atoms. The minimum absolute atomic E-state index is 0.00155. The molecule has 1 aromatic carbocycles. The first-order valence-electron chi connectivity index (χ1n) is 12.0. The summed E-state index contributed by atoms with van der Waals surface area (Å²) in [6.07, 6.45) is 4.31. The molecule has 182 valence electrons. The second-order valence-electron chi connectivity index (χ2n) is 9.53. The summed E-state index contributed by atoms with van der Waals surface area (Å²) in [5, 5.41) is 19.0.